The van der Waals surface area contributed by atoms with E-state index in [1.807, 2.05) is 18.5 Å². The highest BCUT2D eigenvalue weighted by Crippen LogP contribution is 2.28. The van der Waals surface area contributed by atoms with Crippen molar-refractivity contribution in [2.45, 2.75) is 32.2 Å². The van der Waals surface area contributed by atoms with Gasteiger partial charge in [0, 0.05) is 24.7 Å². The molecule has 0 N–H and O–H groups in total. The summed E-state index contributed by atoms with van der Waals surface area (Å²) in [7, 11) is 1.40. The van der Waals surface area contributed by atoms with Gasteiger partial charge in [-0.25, -0.2) is 9.78 Å². The summed E-state index contributed by atoms with van der Waals surface area (Å²) in [5, 5.41) is 0. The van der Waals surface area contributed by atoms with Crippen LogP contribution in [-0.2, 0) is 4.74 Å². The van der Waals surface area contributed by atoms with Gasteiger partial charge in [-0.1, -0.05) is 0 Å². The van der Waals surface area contributed by atoms with Gasteiger partial charge in [-0.15, -0.1) is 0 Å². The maximum atomic E-state index is 11.6. The fraction of sp³-hybridized carbons (Fsp3) is 0.500. The molecular weight excluding hydrogens is 266 g/mol. The van der Waals surface area contributed by atoms with Gasteiger partial charge in [-0.05, 0) is 38.9 Å². The van der Waals surface area contributed by atoms with Crippen molar-refractivity contribution in [3.63, 3.8) is 0 Å². The molecule has 3 heterocycles. The molecular formula is C16H21N3O2. The molecule has 0 bridgehead atoms. The van der Waals surface area contributed by atoms with E-state index in [9.17, 15) is 4.79 Å². The Labute approximate surface area is 124 Å². The molecule has 112 valence electrons. The van der Waals surface area contributed by atoms with Gasteiger partial charge in [0.15, 0.2) is 0 Å². The van der Waals surface area contributed by atoms with Crippen LogP contribution in [0.25, 0.3) is 5.52 Å². The average Bonchev–Trinajstić information content (AvgIpc) is 3.11. The van der Waals surface area contributed by atoms with Crippen molar-refractivity contribution in [1.29, 1.82) is 0 Å². The summed E-state index contributed by atoms with van der Waals surface area (Å²) in [6.45, 7) is 6.64. The van der Waals surface area contributed by atoms with Crippen LogP contribution in [0.15, 0.2) is 24.5 Å². The molecule has 1 atom stereocenters. The lowest BCUT2D eigenvalue weighted by Gasteiger charge is -2.19. The molecule has 3 rings (SSSR count). The van der Waals surface area contributed by atoms with Gasteiger partial charge in [0.05, 0.1) is 24.4 Å². The summed E-state index contributed by atoms with van der Waals surface area (Å²) in [5.41, 5.74) is 1.50. The molecule has 2 aromatic heterocycles. The van der Waals surface area contributed by atoms with Crippen molar-refractivity contribution in [1.82, 2.24) is 14.3 Å². The van der Waals surface area contributed by atoms with Gasteiger partial charge in [-0.2, -0.15) is 0 Å². The lowest BCUT2D eigenvalue weighted by atomic mass is 10.1. The zero-order chi connectivity index (χ0) is 15.0. The van der Waals surface area contributed by atoms with Crippen LogP contribution in [0.1, 0.15) is 42.4 Å². The van der Waals surface area contributed by atoms with Crippen molar-refractivity contribution < 1.29 is 9.53 Å². The number of methoxy groups -OCH3 is 1. The number of likely N-dealkylation sites (tertiary alicyclic amines) is 1. The summed E-state index contributed by atoms with van der Waals surface area (Å²) in [5.74, 6) is 1.23. The predicted molar refractivity (Wildman–Crippen MR) is 80.6 cm³/mol. The Hall–Kier alpha value is -1.88. The normalized spacial score (nSPS) is 19.5. The third-order valence-corrected chi connectivity index (χ3v) is 4.30. The lowest BCUT2D eigenvalue weighted by Crippen LogP contribution is -2.28. The van der Waals surface area contributed by atoms with E-state index in [-0.39, 0.29) is 5.97 Å². The first-order valence-electron chi connectivity index (χ1n) is 7.39. The number of ether oxygens (including phenoxy) is 1. The summed E-state index contributed by atoms with van der Waals surface area (Å²) in [6.07, 6.45) is 4.89. The van der Waals surface area contributed by atoms with Crippen LogP contribution >= 0.6 is 0 Å². The molecule has 21 heavy (non-hydrogen) atoms. The highest BCUT2D eigenvalue weighted by atomic mass is 16.5. The molecule has 0 amide bonds. The van der Waals surface area contributed by atoms with E-state index in [0.717, 1.165) is 30.9 Å². The number of hydrogen-bond acceptors (Lipinski definition) is 4. The van der Waals surface area contributed by atoms with Gasteiger partial charge in [-0.3, -0.25) is 0 Å². The van der Waals surface area contributed by atoms with Crippen molar-refractivity contribution in [3.05, 3.63) is 35.9 Å². The van der Waals surface area contributed by atoms with Crippen molar-refractivity contribution in [2.24, 2.45) is 0 Å². The van der Waals surface area contributed by atoms with E-state index in [4.69, 9.17) is 4.74 Å². The Morgan fingerprint density at radius 2 is 2.29 bits per heavy atom. The van der Waals surface area contributed by atoms with Crippen molar-refractivity contribution in [3.8, 4) is 0 Å². The molecule has 0 radical (unpaired) electrons. The Morgan fingerprint density at radius 3 is 2.95 bits per heavy atom. The maximum Gasteiger partial charge on any atom is 0.337 e. The van der Waals surface area contributed by atoms with Crippen LogP contribution in [-0.4, -0.2) is 46.5 Å². The fourth-order valence-corrected chi connectivity index (χ4v) is 3.03. The number of imidazole rings is 1. The Balaban J connectivity index is 1.89. The zero-order valence-electron chi connectivity index (χ0n) is 12.7. The standard InChI is InChI=1S/C16H21N3O2/c1-11(2)18-6-4-13(10-18)15-17-9-14-8-12(16(20)21-3)5-7-19(14)15/h5,7-9,11,13H,4,6,10H2,1-3H3. The number of aromatic nitrogens is 2. The molecule has 2 aromatic rings. The van der Waals surface area contributed by atoms with Crippen LogP contribution in [0.3, 0.4) is 0 Å². The van der Waals surface area contributed by atoms with E-state index in [2.05, 4.69) is 28.1 Å². The van der Waals surface area contributed by atoms with Crippen LogP contribution < -0.4 is 0 Å². The molecule has 0 aromatic carbocycles. The second kappa shape index (κ2) is 5.48. The predicted octanol–water partition coefficient (Wildman–Crippen LogP) is 2.32. The van der Waals surface area contributed by atoms with Crippen molar-refractivity contribution >= 4 is 11.5 Å². The van der Waals surface area contributed by atoms with E-state index in [0.29, 0.717) is 17.5 Å². The quantitative estimate of drug-likeness (QED) is 0.813. The van der Waals surface area contributed by atoms with Crippen LogP contribution in [0.5, 0.6) is 0 Å². The van der Waals surface area contributed by atoms with Gasteiger partial charge in [0.1, 0.15) is 5.82 Å². The Kier molecular flexibility index (Phi) is 3.68. The molecule has 5 heteroatoms. The van der Waals surface area contributed by atoms with E-state index >= 15 is 0 Å². The summed E-state index contributed by atoms with van der Waals surface area (Å²) in [4.78, 5) is 18.6. The summed E-state index contributed by atoms with van der Waals surface area (Å²) >= 11 is 0. The van der Waals surface area contributed by atoms with Gasteiger partial charge in [0.25, 0.3) is 0 Å². The number of fused-ring (bicyclic) bond motifs is 1. The van der Waals surface area contributed by atoms with Crippen molar-refractivity contribution in [2.75, 3.05) is 20.2 Å². The smallest absolute Gasteiger partial charge is 0.337 e. The van der Waals surface area contributed by atoms with Crippen LogP contribution in [0.2, 0.25) is 0 Å². The molecule has 1 fully saturated rings. The first-order chi connectivity index (χ1) is 10.1. The number of carbonyl (C=O) groups is 1. The summed E-state index contributed by atoms with van der Waals surface area (Å²) in [6, 6.07) is 4.20. The number of rotatable bonds is 3. The minimum absolute atomic E-state index is 0.313. The average molecular weight is 287 g/mol. The number of nitrogens with zero attached hydrogens (tertiary/aromatic N) is 3. The number of esters is 1. The minimum Gasteiger partial charge on any atom is -0.465 e. The third kappa shape index (κ3) is 2.53. The second-order valence-corrected chi connectivity index (χ2v) is 5.89. The highest BCUT2D eigenvalue weighted by Gasteiger charge is 2.28. The van der Waals surface area contributed by atoms with Gasteiger partial charge >= 0.3 is 5.97 Å². The first-order valence-corrected chi connectivity index (χ1v) is 7.39. The largest absolute Gasteiger partial charge is 0.465 e. The van der Waals surface area contributed by atoms with Crippen LogP contribution in [0.4, 0.5) is 0 Å². The number of carbonyl (C=O) groups excluding carboxylic acids is 1. The Morgan fingerprint density at radius 1 is 1.48 bits per heavy atom. The molecule has 0 spiro atoms. The van der Waals surface area contributed by atoms with Gasteiger partial charge < -0.3 is 14.0 Å². The molecule has 0 saturated carbocycles. The zero-order valence-corrected chi connectivity index (χ0v) is 12.7. The maximum absolute atomic E-state index is 11.6. The van der Waals surface area contributed by atoms with E-state index in [1.165, 1.54) is 7.11 Å². The Bertz CT molecular complexity index is 663. The minimum atomic E-state index is -0.313. The molecule has 1 saturated heterocycles. The molecule has 1 aliphatic rings. The van der Waals surface area contributed by atoms with E-state index < -0.39 is 0 Å². The topological polar surface area (TPSA) is 46.8 Å². The molecule has 0 aliphatic carbocycles. The SMILES string of the molecule is COC(=O)c1ccn2c(C3CCN(C(C)C)C3)ncc2c1. The fourth-order valence-electron chi connectivity index (χ4n) is 3.03. The first kappa shape index (κ1) is 14.1. The monoisotopic (exact) mass is 287 g/mol. The van der Waals surface area contributed by atoms with Gasteiger partial charge in [0.2, 0.25) is 0 Å². The molecule has 1 unspecified atom stereocenters. The molecule has 5 nitrogen and oxygen atoms in total. The third-order valence-electron chi connectivity index (χ3n) is 4.30. The van der Waals surface area contributed by atoms with E-state index in [1.54, 1.807) is 6.07 Å². The molecule has 1 aliphatic heterocycles. The van der Waals surface area contributed by atoms with Crippen LogP contribution in [0, 0.1) is 0 Å². The highest BCUT2D eigenvalue weighted by molar-refractivity contribution is 5.90. The lowest BCUT2D eigenvalue weighted by molar-refractivity contribution is 0.0600. The number of hydrogen-bond donors (Lipinski definition) is 0. The summed E-state index contributed by atoms with van der Waals surface area (Å²) < 4.78 is 6.84. The second-order valence-electron chi connectivity index (χ2n) is 5.89. The number of pyridine rings is 1.